The number of carbonyl (C=O) groups is 2. The Bertz CT molecular complexity index is 1260. The van der Waals surface area contributed by atoms with Crippen LogP contribution in [0.3, 0.4) is 0 Å². The molecule has 3 heterocycles. The van der Waals surface area contributed by atoms with Gasteiger partial charge in [-0.05, 0) is 49.4 Å². The lowest BCUT2D eigenvalue weighted by atomic mass is 9.97. The highest BCUT2D eigenvalue weighted by atomic mass is 32.1. The Morgan fingerprint density at radius 1 is 1.36 bits per heavy atom. The Morgan fingerprint density at radius 3 is 2.92 bits per heavy atom. The lowest BCUT2D eigenvalue weighted by Gasteiger charge is -2.27. The normalized spacial score (nSPS) is 14.3. The lowest BCUT2D eigenvalue weighted by Crippen LogP contribution is -2.36. The zero-order valence-electron chi connectivity index (χ0n) is 20.5. The number of nitrogens with zero attached hydrogens (tertiary/aromatic N) is 3. The Hall–Kier alpha value is -3.84. The van der Waals surface area contributed by atoms with Gasteiger partial charge in [0.15, 0.2) is 6.10 Å². The van der Waals surface area contributed by atoms with Crippen LogP contribution in [0, 0.1) is 11.3 Å². The predicted molar refractivity (Wildman–Crippen MR) is 136 cm³/mol. The van der Waals surface area contributed by atoms with E-state index in [1.54, 1.807) is 24.2 Å². The second kappa shape index (κ2) is 11.3. The molecule has 0 saturated carbocycles. The van der Waals surface area contributed by atoms with Crippen LogP contribution in [0.15, 0.2) is 36.7 Å². The van der Waals surface area contributed by atoms with E-state index in [-0.39, 0.29) is 18.2 Å². The number of carbonyl (C=O) groups excluding carboxylic acids is 2. The van der Waals surface area contributed by atoms with Crippen molar-refractivity contribution in [2.75, 3.05) is 18.5 Å². The Kier molecular flexibility index (Phi) is 7.90. The maximum absolute atomic E-state index is 12.9. The van der Waals surface area contributed by atoms with Gasteiger partial charge in [-0.25, -0.2) is 9.78 Å². The molecule has 10 heteroatoms. The maximum Gasteiger partial charge on any atom is 0.410 e. The molecule has 2 aromatic heterocycles. The fourth-order valence-electron chi connectivity index (χ4n) is 4.20. The molecule has 2 amide bonds. The number of benzene rings is 1. The molecule has 0 saturated heterocycles. The van der Waals surface area contributed by atoms with Crippen molar-refractivity contribution in [2.45, 2.75) is 52.2 Å². The van der Waals surface area contributed by atoms with E-state index in [1.807, 2.05) is 38.1 Å². The largest absolute Gasteiger partial charge is 0.494 e. The Balaban J connectivity index is 1.40. The standard InChI is InChI=1S/C26H29N5O4S/c1-4-34-19-7-5-6-18(13-19)16(2)12-23(32)30-25-21(14-27)20-8-11-31(15-22(20)36-25)26(33)35-17(3)24-28-9-10-29-24/h5-7,9-10,13,16-17H,4,8,11-12,15H2,1-3H3,(H,28,29)(H,30,32). The van der Waals surface area contributed by atoms with Crippen molar-refractivity contribution in [3.63, 3.8) is 0 Å². The summed E-state index contributed by atoms with van der Waals surface area (Å²) in [5.74, 6) is 1.17. The minimum atomic E-state index is -0.502. The molecule has 1 aromatic carbocycles. The molecular weight excluding hydrogens is 478 g/mol. The fourth-order valence-corrected chi connectivity index (χ4v) is 5.43. The van der Waals surface area contributed by atoms with Gasteiger partial charge in [-0.3, -0.25) is 4.79 Å². The molecular formula is C26H29N5O4S. The minimum absolute atomic E-state index is 0.0214. The van der Waals surface area contributed by atoms with E-state index >= 15 is 0 Å². The number of hydrogen-bond donors (Lipinski definition) is 2. The van der Waals surface area contributed by atoms with E-state index in [4.69, 9.17) is 9.47 Å². The first-order valence-corrected chi connectivity index (χ1v) is 12.7. The molecule has 0 bridgehead atoms. The van der Waals surface area contributed by atoms with E-state index in [0.717, 1.165) is 21.8 Å². The summed E-state index contributed by atoms with van der Waals surface area (Å²) in [7, 11) is 0. The summed E-state index contributed by atoms with van der Waals surface area (Å²) >= 11 is 1.34. The van der Waals surface area contributed by atoms with Crippen LogP contribution in [0.4, 0.5) is 9.80 Å². The number of rotatable bonds is 8. The average molecular weight is 508 g/mol. The number of aromatic nitrogens is 2. The number of anilines is 1. The average Bonchev–Trinajstić information content (AvgIpc) is 3.51. The smallest absolute Gasteiger partial charge is 0.410 e. The summed E-state index contributed by atoms with van der Waals surface area (Å²) in [6.45, 7) is 7.02. The number of H-pyrrole nitrogens is 1. The zero-order valence-corrected chi connectivity index (χ0v) is 21.4. The van der Waals surface area contributed by atoms with Gasteiger partial charge in [0.25, 0.3) is 0 Å². The molecule has 188 valence electrons. The van der Waals surface area contributed by atoms with Gasteiger partial charge in [0.2, 0.25) is 5.91 Å². The number of ether oxygens (including phenoxy) is 2. The highest BCUT2D eigenvalue weighted by Crippen LogP contribution is 2.37. The summed E-state index contributed by atoms with van der Waals surface area (Å²) in [5, 5.41) is 13.3. The van der Waals surface area contributed by atoms with Crippen LogP contribution in [0.5, 0.6) is 5.75 Å². The van der Waals surface area contributed by atoms with Crippen molar-refractivity contribution < 1.29 is 19.1 Å². The van der Waals surface area contributed by atoms with Crippen molar-refractivity contribution in [1.82, 2.24) is 14.9 Å². The molecule has 9 nitrogen and oxygen atoms in total. The van der Waals surface area contributed by atoms with Gasteiger partial charge in [-0.15, -0.1) is 11.3 Å². The molecule has 2 atom stereocenters. The first-order chi connectivity index (χ1) is 17.4. The SMILES string of the molecule is CCOc1cccc(C(C)CC(=O)Nc2sc3c(c2C#N)CCN(C(=O)OC(C)c2ncc[nH]2)C3)c1. The summed E-state index contributed by atoms with van der Waals surface area (Å²) in [6.07, 6.45) is 3.14. The summed E-state index contributed by atoms with van der Waals surface area (Å²) in [5.41, 5.74) is 2.38. The van der Waals surface area contributed by atoms with Crippen molar-refractivity contribution in [2.24, 2.45) is 0 Å². The van der Waals surface area contributed by atoms with Crippen LogP contribution in [-0.4, -0.2) is 40.0 Å². The molecule has 1 aliphatic rings. The van der Waals surface area contributed by atoms with E-state index in [0.29, 0.717) is 42.5 Å². The molecule has 2 unspecified atom stereocenters. The molecule has 3 aromatic rings. The van der Waals surface area contributed by atoms with Crippen LogP contribution < -0.4 is 10.1 Å². The third-order valence-electron chi connectivity index (χ3n) is 6.09. The molecule has 0 radical (unpaired) electrons. The number of thiophene rings is 1. The minimum Gasteiger partial charge on any atom is -0.494 e. The van der Waals surface area contributed by atoms with Crippen molar-refractivity contribution >= 4 is 28.3 Å². The van der Waals surface area contributed by atoms with E-state index < -0.39 is 12.2 Å². The van der Waals surface area contributed by atoms with Crippen LogP contribution in [0.2, 0.25) is 0 Å². The van der Waals surface area contributed by atoms with E-state index in [1.165, 1.54) is 11.3 Å². The van der Waals surface area contributed by atoms with Crippen LogP contribution in [0.25, 0.3) is 0 Å². The number of imidazole rings is 1. The van der Waals surface area contributed by atoms with E-state index in [2.05, 4.69) is 21.4 Å². The van der Waals surface area contributed by atoms with Crippen molar-refractivity contribution in [1.29, 1.82) is 5.26 Å². The van der Waals surface area contributed by atoms with Crippen molar-refractivity contribution in [3.8, 4) is 11.8 Å². The Labute approximate surface area is 214 Å². The molecule has 0 spiro atoms. The molecule has 0 fully saturated rings. The van der Waals surface area contributed by atoms with E-state index in [9.17, 15) is 14.9 Å². The molecule has 2 N–H and O–H groups in total. The van der Waals surface area contributed by atoms with Gasteiger partial charge in [0.1, 0.15) is 22.6 Å². The molecule has 4 rings (SSSR count). The maximum atomic E-state index is 12.9. The second-order valence-corrected chi connectivity index (χ2v) is 9.76. The quantitative estimate of drug-likeness (QED) is 0.436. The van der Waals surface area contributed by atoms with Gasteiger partial charge >= 0.3 is 6.09 Å². The van der Waals surface area contributed by atoms with Crippen LogP contribution in [-0.2, 0) is 22.5 Å². The number of nitrogens with one attached hydrogen (secondary N) is 2. The first-order valence-electron chi connectivity index (χ1n) is 11.9. The highest BCUT2D eigenvalue weighted by Gasteiger charge is 2.29. The zero-order chi connectivity index (χ0) is 25.7. The number of nitriles is 1. The van der Waals surface area contributed by atoms with Gasteiger partial charge in [0, 0.05) is 30.2 Å². The van der Waals surface area contributed by atoms with Gasteiger partial charge < -0.3 is 24.7 Å². The molecule has 0 aliphatic carbocycles. The predicted octanol–water partition coefficient (Wildman–Crippen LogP) is 5.13. The fraction of sp³-hybridized carbons (Fsp3) is 0.385. The van der Waals surface area contributed by atoms with Crippen LogP contribution in [0.1, 0.15) is 66.6 Å². The second-order valence-electron chi connectivity index (χ2n) is 8.65. The number of hydrogen-bond acceptors (Lipinski definition) is 7. The number of fused-ring (bicyclic) bond motifs is 1. The van der Waals surface area contributed by atoms with Gasteiger partial charge in [-0.1, -0.05) is 19.1 Å². The van der Waals surface area contributed by atoms with Crippen LogP contribution >= 0.6 is 11.3 Å². The molecule has 1 aliphatic heterocycles. The highest BCUT2D eigenvalue weighted by molar-refractivity contribution is 7.16. The summed E-state index contributed by atoms with van der Waals surface area (Å²) in [6, 6.07) is 9.98. The van der Waals surface area contributed by atoms with Crippen molar-refractivity contribution in [3.05, 3.63) is 64.1 Å². The Morgan fingerprint density at radius 2 is 2.19 bits per heavy atom. The number of amides is 2. The van der Waals surface area contributed by atoms with Gasteiger partial charge in [0.05, 0.1) is 18.7 Å². The summed E-state index contributed by atoms with van der Waals surface area (Å²) in [4.78, 5) is 35.1. The first kappa shape index (κ1) is 25.3. The monoisotopic (exact) mass is 507 g/mol. The summed E-state index contributed by atoms with van der Waals surface area (Å²) < 4.78 is 11.1. The topological polar surface area (TPSA) is 120 Å². The third kappa shape index (κ3) is 5.69. The third-order valence-corrected chi connectivity index (χ3v) is 7.22. The molecule has 36 heavy (non-hydrogen) atoms. The number of aromatic amines is 1. The lowest BCUT2D eigenvalue weighted by molar-refractivity contribution is -0.116. The van der Waals surface area contributed by atoms with Gasteiger partial charge in [-0.2, -0.15) is 5.26 Å².